The van der Waals surface area contributed by atoms with Crippen LogP contribution in [-0.2, 0) is 0 Å². The Balaban J connectivity index is 1.81. The van der Waals surface area contributed by atoms with Gasteiger partial charge in [-0.05, 0) is 42.8 Å². The summed E-state index contributed by atoms with van der Waals surface area (Å²) in [6, 6.07) is 12.6. The van der Waals surface area contributed by atoms with E-state index in [-0.39, 0.29) is 5.78 Å². The molecule has 0 amide bonds. The van der Waals surface area contributed by atoms with E-state index in [1.165, 1.54) is 31.7 Å². The van der Waals surface area contributed by atoms with Crippen LogP contribution in [0.2, 0.25) is 5.02 Å². The van der Waals surface area contributed by atoms with E-state index in [2.05, 4.69) is 9.97 Å². The third-order valence-electron chi connectivity index (χ3n) is 4.27. The van der Waals surface area contributed by atoms with Gasteiger partial charge in [-0.15, -0.1) is 11.3 Å². The first-order chi connectivity index (χ1) is 13.6. The number of thiophene rings is 1. The number of ketones is 1. The summed E-state index contributed by atoms with van der Waals surface area (Å²) in [6.45, 7) is 1.51. The fraction of sp³-hybridized carbons (Fsp3) is 0.0952. The number of rotatable bonds is 5. The highest BCUT2D eigenvalue weighted by atomic mass is 35.5. The predicted octanol–water partition coefficient (Wildman–Crippen LogP) is 6.02. The second-order valence-electron chi connectivity index (χ2n) is 6.04. The van der Waals surface area contributed by atoms with Crippen LogP contribution >= 0.6 is 22.9 Å². The molecule has 0 saturated heterocycles. The Hall–Kier alpha value is -2.96. The van der Waals surface area contributed by atoms with Gasteiger partial charge < -0.3 is 9.47 Å². The van der Waals surface area contributed by atoms with Gasteiger partial charge in [-0.3, -0.25) is 4.79 Å². The molecule has 0 unspecified atom stereocenters. The van der Waals surface area contributed by atoms with E-state index in [4.69, 9.17) is 21.1 Å². The Morgan fingerprint density at radius 2 is 1.86 bits per heavy atom. The molecule has 4 aromatic rings. The predicted molar refractivity (Wildman–Crippen MR) is 111 cm³/mol. The zero-order valence-electron chi connectivity index (χ0n) is 15.1. The van der Waals surface area contributed by atoms with E-state index < -0.39 is 0 Å². The third kappa shape index (κ3) is 3.44. The number of carbonyl (C=O) groups excluding carboxylic acids is 1. The number of halogens is 1. The Kier molecular flexibility index (Phi) is 4.98. The van der Waals surface area contributed by atoms with Crippen LogP contribution in [0.5, 0.6) is 17.4 Å². The van der Waals surface area contributed by atoms with Crippen molar-refractivity contribution in [3.8, 4) is 28.5 Å². The minimum Gasteiger partial charge on any atom is -0.493 e. The molecule has 0 saturated carbocycles. The van der Waals surface area contributed by atoms with Crippen LogP contribution in [0.25, 0.3) is 21.3 Å². The number of methoxy groups -OCH3 is 1. The first kappa shape index (κ1) is 18.4. The number of ether oxygens (including phenoxy) is 2. The molecule has 140 valence electrons. The zero-order valence-corrected chi connectivity index (χ0v) is 16.7. The second kappa shape index (κ2) is 7.58. The van der Waals surface area contributed by atoms with Gasteiger partial charge in [0.15, 0.2) is 17.3 Å². The summed E-state index contributed by atoms with van der Waals surface area (Å²) in [4.78, 5) is 21.1. The maximum atomic E-state index is 11.6. The maximum absolute atomic E-state index is 11.6. The van der Waals surface area contributed by atoms with Crippen molar-refractivity contribution < 1.29 is 14.3 Å². The van der Waals surface area contributed by atoms with Crippen LogP contribution in [0.1, 0.15) is 17.3 Å². The highest BCUT2D eigenvalue weighted by Gasteiger charge is 2.17. The molecule has 0 radical (unpaired) electrons. The first-order valence-electron chi connectivity index (χ1n) is 8.42. The Morgan fingerprint density at radius 1 is 1.07 bits per heavy atom. The van der Waals surface area contributed by atoms with Crippen molar-refractivity contribution in [1.29, 1.82) is 0 Å². The monoisotopic (exact) mass is 410 g/mol. The number of Topliss-reactive ketones (excluding diaryl/α,β-unsaturated/α-hetero) is 1. The van der Waals surface area contributed by atoms with Crippen molar-refractivity contribution in [1.82, 2.24) is 9.97 Å². The van der Waals surface area contributed by atoms with Gasteiger partial charge in [-0.2, -0.15) is 0 Å². The van der Waals surface area contributed by atoms with Gasteiger partial charge in [0.05, 0.1) is 12.5 Å². The summed E-state index contributed by atoms with van der Waals surface area (Å²) in [5.74, 6) is 1.31. The lowest BCUT2D eigenvalue weighted by Crippen LogP contribution is -1.97. The van der Waals surface area contributed by atoms with Gasteiger partial charge in [-0.25, -0.2) is 9.97 Å². The van der Waals surface area contributed by atoms with Crippen LogP contribution in [0.15, 0.2) is 54.2 Å². The highest BCUT2D eigenvalue weighted by molar-refractivity contribution is 7.17. The molecule has 4 rings (SSSR count). The molecule has 0 aliphatic carbocycles. The normalized spacial score (nSPS) is 10.8. The summed E-state index contributed by atoms with van der Waals surface area (Å²) in [5.41, 5.74) is 2.51. The van der Waals surface area contributed by atoms with E-state index in [0.717, 1.165) is 21.3 Å². The molecular formula is C21H15ClN2O3S. The van der Waals surface area contributed by atoms with Crippen molar-refractivity contribution in [3.63, 3.8) is 0 Å². The zero-order chi connectivity index (χ0) is 19.7. The largest absolute Gasteiger partial charge is 0.493 e. The molecule has 0 aliphatic rings. The van der Waals surface area contributed by atoms with Crippen LogP contribution in [0.4, 0.5) is 0 Å². The van der Waals surface area contributed by atoms with E-state index in [9.17, 15) is 4.79 Å². The molecule has 5 nitrogen and oxygen atoms in total. The van der Waals surface area contributed by atoms with Crippen molar-refractivity contribution in [2.75, 3.05) is 7.11 Å². The number of benzene rings is 2. The fourth-order valence-corrected chi connectivity index (χ4v) is 3.87. The lowest BCUT2D eigenvalue weighted by molar-refractivity contribution is 0.101. The van der Waals surface area contributed by atoms with E-state index >= 15 is 0 Å². The molecule has 0 fully saturated rings. The summed E-state index contributed by atoms with van der Waals surface area (Å²) in [6.07, 6.45) is 1.47. The third-order valence-corrected chi connectivity index (χ3v) is 5.41. The summed E-state index contributed by atoms with van der Waals surface area (Å²) >= 11 is 7.53. The lowest BCUT2D eigenvalue weighted by atomic mass is 10.1. The van der Waals surface area contributed by atoms with Gasteiger partial charge in [0.1, 0.15) is 11.2 Å². The maximum Gasteiger partial charge on any atom is 0.231 e. The van der Waals surface area contributed by atoms with Gasteiger partial charge in [0.25, 0.3) is 0 Å². The number of hydrogen-bond acceptors (Lipinski definition) is 6. The van der Waals surface area contributed by atoms with E-state index in [1.807, 2.05) is 29.6 Å². The summed E-state index contributed by atoms with van der Waals surface area (Å²) in [5, 5.41) is 3.50. The number of hydrogen-bond donors (Lipinski definition) is 0. The molecule has 0 N–H and O–H groups in total. The van der Waals surface area contributed by atoms with Gasteiger partial charge in [0.2, 0.25) is 5.88 Å². The molecule has 0 bridgehead atoms. The molecule has 0 aliphatic heterocycles. The summed E-state index contributed by atoms with van der Waals surface area (Å²) < 4.78 is 11.5. The smallest absolute Gasteiger partial charge is 0.231 e. The molecule has 2 heterocycles. The Morgan fingerprint density at radius 3 is 2.57 bits per heavy atom. The highest BCUT2D eigenvalue weighted by Crippen LogP contribution is 2.41. The average molecular weight is 411 g/mol. The van der Waals surface area contributed by atoms with E-state index in [1.54, 1.807) is 18.2 Å². The van der Waals surface area contributed by atoms with Crippen molar-refractivity contribution >= 4 is 38.9 Å². The molecule has 2 aromatic heterocycles. The van der Waals surface area contributed by atoms with Crippen molar-refractivity contribution in [2.24, 2.45) is 0 Å². The minimum absolute atomic E-state index is 0.0443. The molecule has 0 atom stereocenters. The lowest BCUT2D eigenvalue weighted by Gasteiger charge is -2.12. The van der Waals surface area contributed by atoms with Crippen LogP contribution in [-0.4, -0.2) is 22.9 Å². The topological polar surface area (TPSA) is 61.3 Å². The molecule has 0 spiro atoms. The Bertz CT molecular complexity index is 1170. The average Bonchev–Trinajstić information content (AvgIpc) is 3.14. The Labute approximate surface area is 170 Å². The SMILES string of the molecule is COc1cc(C(C)=O)ccc1Oc1ncnc2scc(-c3ccc(Cl)cc3)c12. The second-order valence-corrected chi connectivity index (χ2v) is 7.33. The van der Waals surface area contributed by atoms with Crippen molar-refractivity contribution in [3.05, 3.63) is 64.8 Å². The fourth-order valence-electron chi connectivity index (χ4n) is 2.84. The van der Waals surface area contributed by atoms with Crippen LogP contribution in [0.3, 0.4) is 0 Å². The van der Waals surface area contributed by atoms with Gasteiger partial charge in [0, 0.05) is 21.5 Å². The molecular weight excluding hydrogens is 396 g/mol. The number of nitrogens with zero attached hydrogens (tertiary/aromatic N) is 2. The summed E-state index contributed by atoms with van der Waals surface area (Å²) in [7, 11) is 1.53. The minimum atomic E-state index is -0.0443. The van der Waals surface area contributed by atoms with Crippen LogP contribution < -0.4 is 9.47 Å². The molecule has 2 aromatic carbocycles. The number of fused-ring (bicyclic) bond motifs is 1. The van der Waals surface area contributed by atoms with Gasteiger partial charge >= 0.3 is 0 Å². The number of aromatic nitrogens is 2. The van der Waals surface area contributed by atoms with E-state index in [0.29, 0.717) is 28.0 Å². The quantitative estimate of drug-likeness (QED) is 0.377. The van der Waals surface area contributed by atoms with Crippen LogP contribution in [0, 0.1) is 0 Å². The first-order valence-corrected chi connectivity index (χ1v) is 9.67. The standard InChI is InChI=1S/C21H15ClN2O3S/c1-12(25)14-5-8-17(18(9-14)26-2)27-20-19-16(10-28-21(19)24-11-23-20)13-3-6-15(22)7-4-13/h3-11H,1-2H3. The number of carbonyl (C=O) groups is 1. The molecule has 28 heavy (non-hydrogen) atoms. The molecule has 7 heteroatoms. The van der Waals surface area contributed by atoms with Crippen molar-refractivity contribution in [2.45, 2.75) is 6.92 Å². The van der Waals surface area contributed by atoms with Gasteiger partial charge in [-0.1, -0.05) is 23.7 Å².